The van der Waals surface area contributed by atoms with E-state index in [-0.39, 0.29) is 12.3 Å². The fourth-order valence-electron chi connectivity index (χ4n) is 3.86. The van der Waals surface area contributed by atoms with Crippen molar-refractivity contribution in [2.75, 3.05) is 6.61 Å². The van der Waals surface area contributed by atoms with Crippen LogP contribution in [-0.2, 0) is 0 Å². The molecule has 3 aromatic carbocycles. The Morgan fingerprint density at radius 3 is 2.63 bits per heavy atom. The molecule has 0 saturated carbocycles. The Morgan fingerprint density at radius 2 is 1.87 bits per heavy atom. The minimum Gasteiger partial charge on any atom is -0.490 e. The van der Waals surface area contributed by atoms with Gasteiger partial charge in [-0.05, 0) is 54.1 Å². The molecule has 0 radical (unpaired) electrons. The Hall–Kier alpha value is -3.02. The summed E-state index contributed by atoms with van der Waals surface area (Å²) in [6, 6.07) is 24.6. The molecule has 2 aliphatic heterocycles. The largest absolute Gasteiger partial charge is 0.490 e. The molecule has 0 spiro atoms. The van der Waals surface area contributed by atoms with E-state index >= 15 is 0 Å². The Labute approximate surface area is 184 Å². The Morgan fingerprint density at radius 1 is 1.07 bits per heavy atom. The van der Waals surface area contributed by atoms with Gasteiger partial charge in [-0.1, -0.05) is 58.9 Å². The van der Waals surface area contributed by atoms with Crippen LogP contribution < -0.4 is 14.9 Å². The fourth-order valence-corrected chi connectivity index (χ4v) is 4.23. The Kier molecular flexibility index (Phi) is 5.07. The predicted octanol–water partition coefficient (Wildman–Crippen LogP) is 6.01. The maximum Gasteiger partial charge on any atom is 0.195 e. The van der Waals surface area contributed by atoms with E-state index < -0.39 is 0 Å². The van der Waals surface area contributed by atoms with Crippen molar-refractivity contribution in [3.05, 3.63) is 113 Å². The average molecular weight is 461 g/mol. The minimum absolute atomic E-state index is 0.0585. The van der Waals surface area contributed by atoms with Crippen molar-refractivity contribution < 1.29 is 9.47 Å². The first-order chi connectivity index (χ1) is 14.7. The molecule has 2 aliphatic rings. The molecule has 2 unspecified atom stereocenters. The van der Waals surface area contributed by atoms with E-state index in [1.54, 1.807) is 6.08 Å². The molecular formula is C25H21BrN2O2. The molecule has 0 fully saturated rings. The molecule has 0 bridgehead atoms. The van der Waals surface area contributed by atoms with Crippen LogP contribution >= 0.6 is 15.9 Å². The zero-order chi connectivity index (χ0) is 20.5. The summed E-state index contributed by atoms with van der Waals surface area (Å²) in [4.78, 5) is 0. The van der Waals surface area contributed by atoms with Gasteiger partial charge in [0.25, 0.3) is 0 Å². The highest BCUT2D eigenvalue weighted by molar-refractivity contribution is 9.10. The molecule has 5 rings (SSSR count). The van der Waals surface area contributed by atoms with Crippen LogP contribution in [-0.4, -0.2) is 11.6 Å². The summed E-state index contributed by atoms with van der Waals surface area (Å²) < 4.78 is 13.1. The lowest BCUT2D eigenvalue weighted by atomic mass is 10.0. The van der Waals surface area contributed by atoms with Gasteiger partial charge in [0.1, 0.15) is 18.1 Å². The maximum atomic E-state index is 6.41. The van der Waals surface area contributed by atoms with Gasteiger partial charge in [0.2, 0.25) is 0 Å². The van der Waals surface area contributed by atoms with E-state index in [1.807, 2.05) is 42.5 Å². The van der Waals surface area contributed by atoms with Crippen LogP contribution in [0.25, 0.3) is 5.70 Å². The van der Waals surface area contributed by atoms with E-state index in [0.29, 0.717) is 6.61 Å². The number of hydrogen-bond donors (Lipinski definition) is 1. The number of fused-ring (bicyclic) bond motifs is 3. The van der Waals surface area contributed by atoms with Crippen molar-refractivity contribution in [1.82, 2.24) is 10.4 Å². The summed E-state index contributed by atoms with van der Waals surface area (Å²) in [6.45, 7) is 4.19. The van der Waals surface area contributed by atoms with E-state index in [4.69, 9.17) is 9.47 Å². The number of halogens is 1. The van der Waals surface area contributed by atoms with E-state index in [1.165, 1.54) is 0 Å². The third kappa shape index (κ3) is 3.51. The molecule has 150 valence electrons. The van der Waals surface area contributed by atoms with Gasteiger partial charge in [-0.2, -0.15) is 5.01 Å². The highest BCUT2D eigenvalue weighted by Crippen LogP contribution is 2.46. The zero-order valence-electron chi connectivity index (χ0n) is 16.3. The van der Waals surface area contributed by atoms with E-state index in [0.717, 1.165) is 38.4 Å². The van der Waals surface area contributed by atoms with Crippen LogP contribution in [0, 0.1) is 0 Å². The topological polar surface area (TPSA) is 33.7 Å². The third-order valence-electron chi connectivity index (χ3n) is 5.27. The number of nitrogens with one attached hydrogen (secondary N) is 1. The van der Waals surface area contributed by atoms with E-state index in [9.17, 15) is 0 Å². The number of ether oxygens (including phenoxy) is 2. The lowest BCUT2D eigenvalue weighted by Crippen LogP contribution is -2.43. The second-order valence-corrected chi connectivity index (χ2v) is 8.15. The molecule has 5 heteroatoms. The predicted molar refractivity (Wildman–Crippen MR) is 122 cm³/mol. The van der Waals surface area contributed by atoms with Gasteiger partial charge in [-0.25, -0.2) is 0 Å². The van der Waals surface area contributed by atoms with Gasteiger partial charge < -0.3 is 14.9 Å². The summed E-state index contributed by atoms with van der Waals surface area (Å²) >= 11 is 3.60. The molecule has 30 heavy (non-hydrogen) atoms. The third-order valence-corrected chi connectivity index (χ3v) is 5.77. The van der Waals surface area contributed by atoms with Gasteiger partial charge in [0.05, 0.1) is 11.7 Å². The van der Waals surface area contributed by atoms with Crippen LogP contribution in [0.4, 0.5) is 0 Å². The van der Waals surface area contributed by atoms with Crippen molar-refractivity contribution >= 4 is 21.6 Å². The quantitative estimate of drug-likeness (QED) is 0.472. The molecule has 0 aliphatic carbocycles. The van der Waals surface area contributed by atoms with Gasteiger partial charge in [-0.3, -0.25) is 0 Å². The smallest absolute Gasteiger partial charge is 0.195 e. The van der Waals surface area contributed by atoms with Gasteiger partial charge >= 0.3 is 0 Å². The van der Waals surface area contributed by atoms with Gasteiger partial charge in [0.15, 0.2) is 6.23 Å². The summed E-state index contributed by atoms with van der Waals surface area (Å²) in [5, 5.41) is 2.17. The SMILES string of the molecule is C=CCOc1ccc(C2=CC3c4cc(Br)ccc4OC(c4ccccc4)N3N2)cc1. The molecule has 0 amide bonds. The first-order valence-corrected chi connectivity index (χ1v) is 10.6. The molecule has 3 aromatic rings. The second-order valence-electron chi connectivity index (χ2n) is 7.23. The lowest BCUT2D eigenvalue weighted by molar-refractivity contribution is -0.0326. The van der Waals surface area contributed by atoms with E-state index in [2.05, 4.69) is 69.4 Å². The number of benzene rings is 3. The van der Waals surface area contributed by atoms with Gasteiger partial charge in [-0.15, -0.1) is 0 Å². The highest BCUT2D eigenvalue weighted by Gasteiger charge is 2.40. The fraction of sp³-hybridized carbons (Fsp3) is 0.120. The minimum atomic E-state index is -0.228. The van der Waals surface area contributed by atoms with Crippen LogP contribution in [0.1, 0.15) is 29.0 Å². The summed E-state index contributed by atoms with van der Waals surface area (Å²) in [6.07, 6.45) is 3.77. The maximum absolute atomic E-state index is 6.41. The number of hydrogen-bond acceptors (Lipinski definition) is 4. The van der Waals surface area contributed by atoms with Crippen molar-refractivity contribution in [2.24, 2.45) is 0 Å². The summed E-state index contributed by atoms with van der Waals surface area (Å²) in [5.41, 5.74) is 7.96. The zero-order valence-corrected chi connectivity index (χ0v) is 17.9. The molecular weight excluding hydrogens is 440 g/mol. The first kappa shape index (κ1) is 19.0. The molecule has 2 atom stereocenters. The monoisotopic (exact) mass is 460 g/mol. The van der Waals surface area contributed by atoms with Crippen molar-refractivity contribution in [3.63, 3.8) is 0 Å². The highest BCUT2D eigenvalue weighted by atomic mass is 79.9. The van der Waals surface area contributed by atoms with Crippen LogP contribution in [0.15, 0.2) is 96.0 Å². The number of hydrazine groups is 1. The van der Waals surface area contributed by atoms with Crippen LogP contribution in [0.5, 0.6) is 11.5 Å². The van der Waals surface area contributed by atoms with Gasteiger partial charge in [0, 0.05) is 15.6 Å². The molecule has 4 nitrogen and oxygen atoms in total. The molecule has 2 heterocycles. The van der Waals surface area contributed by atoms with Crippen molar-refractivity contribution in [3.8, 4) is 11.5 Å². The first-order valence-electron chi connectivity index (χ1n) is 9.85. The summed E-state index contributed by atoms with van der Waals surface area (Å²) in [5.74, 6) is 1.73. The van der Waals surface area contributed by atoms with Crippen molar-refractivity contribution in [1.29, 1.82) is 0 Å². The average Bonchev–Trinajstić information content (AvgIpc) is 3.24. The normalized spacial score (nSPS) is 19.7. The molecule has 0 saturated heterocycles. The van der Waals surface area contributed by atoms with Crippen LogP contribution in [0.3, 0.4) is 0 Å². The second kappa shape index (κ2) is 8.01. The molecule has 0 aromatic heterocycles. The summed E-state index contributed by atoms with van der Waals surface area (Å²) in [7, 11) is 0. The number of rotatable bonds is 5. The van der Waals surface area contributed by atoms with Crippen molar-refractivity contribution in [2.45, 2.75) is 12.3 Å². The number of nitrogens with zero attached hydrogens (tertiary/aromatic N) is 1. The Bertz CT molecular complexity index is 1100. The lowest BCUT2D eigenvalue weighted by Gasteiger charge is -2.39. The molecule has 1 N–H and O–H groups in total. The van der Waals surface area contributed by atoms with Crippen LogP contribution in [0.2, 0.25) is 0 Å². The standard InChI is InChI=1S/C25H21BrN2O2/c1-2-14-29-20-11-8-17(9-12-20)22-16-23-21-15-19(26)10-13-24(21)30-25(28(23)27-22)18-6-4-3-5-7-18/h2-13,15-16,23,25,27H,1,14H2. The Balaban J connectivity index is 1.50.